The fourth-order valence-corrected chi connectivity index (χ4v) is 3.94. The number of fused-ring (bicyclic) bond motifs is 1. The van der Waals surface area contributed by atoms with Crippen molar-refractivity contribution < 1.29 is 4.39 Å². The van der Waals surface area contributed by atoms with E-state index in [1.54, 1.807) is 6.20 Å². The van der Waals surface area contributed by atoms with E-state index in [1.165, 1.54) is 28.8 Å². The summed E-state index contributed by atoms with van der Waals surface area (Å²) in [6, 6.07) is 15.1. The largest absolute Gasteiger partial charge is 0.337 e. The van der Waals surface area contributed by atoms with Gasteiger partial charge in [-0.1, -0.05) is 18.2 Å². The van der Waals surface area contributed by atoms with Crippen LogP contribution in [-0.2, 0) is 13.0 Å². The second-order valence-electron chi connectivity index (χ2n) is 6.59. The van der Waals surface area contributed by atoms with Crippen molar-refractivity contribution in [3.8, 4) is 6.07 Å². The Balaban J connectivity index is 1.75. The van der Waals surface area contributed by atoms with E-state index < -0.39 is 0 Å². The lowest BCUT2D eigenvalue weighted by Crippen LogP contribution is -2.23. The average molecular weight is 331 g/mol. The molecule has 1 aliphatic rings. The van der Waals surface area contributed by atoms with Crippen LogP contribution in [0.4, 0.5) is 4.39 Å². The number of imidazole rings is 1. The minimum atomic E-state index is -0.204. The molecule has 0 bridgehead atoms. The van der Waals surface area contributed by atoms with Crippen molar-refractivity contribution in [3.05, 3.63) is 89.3 Å². The molecule has 4 rings (SSSR count). The standard InChI is InChI=1S/C21H18FN3/c22-18-5-2-16(3-6-18)19-8-4-17-11-15(12-23)1-7-20(17)21(19)13-25-10-9-24-14-25/h1-3,5-7,9-11,14,19,21H,4,8,13H2. The van der Waals surface area contributed by atoms with Gasteiger partial charge in [0.05, 0.1) is 18.0 Å². The normalized spacial score (nSPS) is 19.2. The molecule has 0 aliphatic heterocycles. The Morgan fingerprint density at radius 3 is 2.76 bits per heavy atom. The van der Waals surface area contributed by atoms with Gasteiger partial charge in [-0.25, -0.2) is 9.37 Å². The van der Waals surface area contributed by atoms with Gasteiger partial charge in [-0.2, -0.15) is 5.26 Å². The zero-order chi connectivity index (χ0) is 17.2. The third-order valence-electron chi connectivity index (χ3n) is 5.15. The smallest absolute Gasteiger partial charge is 0.123 e. The molecule has 1 aliphatic carbocycles. The molecular formula is C21H18FN3. The number of benzene rings is 2. The Bertz CT molecular complexity index is 907. The lowest BCUT2D eigenvalue weighted by Gasteiger charge is -2.34. The van der Waals surface area contributed by atoms with Crippen molar-refractivity contribution in [2.75, 3.05) is 0 Å². The Morgan fingerprint density at radius 2 is 2.04 bits per heavy atom. The third kappa shape index (κ3) is 3.06. The first-order chi connectivity index (χ1) is 12.2. The second kappa shape index (κ2) is 6.52. The highest BCUT2D eigenvalue weighted by Crippen LogP contribution is 2.43. The summed E-state index contributed by atoms with van der Waals surface area (Å²) in [5.41, 5.74) is 4.41. The van der Waals surface area contributed by atoms with Crippen molar-refractivity contribution in [3.63, 3.8) is 0 Å². The molecule has 3 nitrogen and oxygen atoms in total. The van der Waals surface area contributed by atoms with Gasteiger partial charge in [0.25, 0.3) is 0 Å². The van der Waals surface area contributed by atoms with E-state index in [2.05, 4.69) is 21.7 Å². The number of hydrogen-bond acceptors (Lipinski definition) is 2. The van der Waals surface area contributed by atoms with Crippen LogP contribution in [0.5, 0.6) is 0 Å². The van der Waals surface area contributed by atoms with Crippen LogP contribution in [-0.4, -0.2) is 9.55 Å². The average Bonchev–Trinajstić information content (AvgIpc) is 3.15. The maximum atomic E-state index is 13.3. The van der Waals surface area contributed by atoms with E-state index in [4.69, 9.17) is 0 Å². The zero-order valence-electron chi connectivity index (χ0n) is 13.8. The molecule has 4 heteroatoms. The lowest BCUT2D eigenvalue weighted by molar-refractivity contribution is 0.422. The van der Waals surface area contributed by atoms with E-state index in [9.17, 15) is 9.65 Å². The predicted octanol–water partition coefficient (Wildman–Crippen LogP) is 4.41. The monoisotopic (exact) mass is 331 g/mol. The van der Waals surface area contributed by atoms with E-state index in [1.807, 2.05) is 36.8 Å². The van der Waals surface area contributed by atoms with Crippen LogP contribution in [0, 0.1) is 17.1 Å². The fourth-order valence-electron chi connectivity index (χ4n) is 3.94. The van der Waals surface area contributed by atoms with Crippen molar-refractivity contribution in [2.45, 2.75) is 31.2 Å². The number of rotatable bonds is 3. The number of hydrogen-bond donors (Lipinski definition) is 0. The van der Waals surface area contributed by atoms with Crippen molar-refractivity contribution in [1.29, 1.82) is 5.26 Å². The first kappa shape index (κ1) is 15.6. The van der Waals surface area contributed by atoms with Gasteiger partial charge < -0.3 is 4.57 Å². The van der Waals surface area contributed by atoms with Gasteiger partial charge in [-0.3, -0.25) is 0 Å². The summed E-state index contributed by atoms with van der Waals surface area (Å²) in [6.45, 7) is 0.820. The van der Waals surface area contributed by atoms with Gasteiger partial charge >= 0.3 is 0 Å². The molecular weight excluding hydrogens is 313 g/mol. The highest BCUT2D eigenvalue weighted by molar-refractivity contribution is 5.43. The molecule has 0 radical (unpaired) electrons. The minimum absolute atomic E-state index is 0.204. The van der Waals surface area contributed by atoms with Gasteiger partial charge in [0.1, 0.15) is 5.82 Å². The Labute approximate surface area is 146 Å². The minimum Gasteiger partial charge on any atom is -0.337 e. The quantitative estimate of drug-likeness (QED) is 0.713. The van der Waals surface area contributed by atoms with E-state index in [0.717, 1.165) is 19.4 Å². The van der Waals surface area contributed by atoms with Crippen LogP contribution in [0.25, 0.3) is 0 Å². The molecule has 0 saturated carbocycles. The van der Waals surface area contributed by atoms with Crippen LogP contribution >= 0.6 is 0 Å². The third-order valence-corrected chi connectivity index (χ3v) is 5.15. The number of aromatic nitrogens is 2. The molecule has 3 aromatic rings. The summed E-state index contributed by atoms with van der Waals surface area (Å²) in [7, 11) is 0. The second-order valence-corrected chi connectivity index (χ2v) is 6.59. The summed E-state index contributed by atoms with van der Waals surface area (Å²) >= 11 is 0. The Kier molecular flexibility index (Phi) is 4.07. The van der Waals surface area contributed by atoms with Gasteiger partial charge in [0, 0.05) is 24.9 Å². The molecule has 124 valence electrons. The molecule has 2 unspecified atom stereocenters. The Hall–Kier alpha value is -2.93. The Morgan fingerprint density at radius 1 is 1.20 bits per heavy atom. The number of nitriles is 1. The SMILES string of the molecule is N#Cc1ccc2c(c1)CCC(c1ccc(F)cc1)C2Cn1ccnc1. The van der Waals surface area contributed by atoms with Crippen LogP contribution in [0.1, 0.15) is 40.5 Å². The molecule has 0 fully saturated rings. The van der Waals surface area contributed by atoms with Crippen LogP contribution < -0.4 is 0 Å². The highest BCUT2D eigenvalue weighted by atomic mass is 19.1. The highest BCUT2D eigenvalue weighted by Gasteiger charge is 2.31. The molecule has 0 saturated heterocycles. The molecule has 1 heterocycles. The predicted molar refractivity (Wildman–Crippen MR) is 93.6 cm³/mol. The first-order valence-electron chi connectivity index (χ1n) is 8.49. The van der Waals surface area contributed by atoms with Crippen molar-refractivity contribution in [2.24, 2.45) is 0 Å². The molecule has 0 N–H and O–H groups in total. The van der Waals surface area contributed by atoms with Gasteiger partial charge in [-0.05, 0) is 59.7 Å². The summed E-state index contributed by atoms with van der Waals surface area (Å²) in [5.74, 6) is 0.393. The van der Waals surface area contributed by atoms with Crippen LogP contribution in [0.2, 0.25) is 0 Å². The topological polar surface area (TPSA) is 41.6 Å². The fraction of sp³-hybridized carbons (Fsp3) is 0.238. The molecule has 2 atom stereocenters. The summed E-state index contributed by atoms with van der Waals surface area (Å²) in [4.78, 5) is 4.15. The maximum absolute atomic E-state index is 13.3. The molecule has 1 aromatic heterocycles. The molecule has 2 aromatic carbocycles. The van der Waals surface area contributed by atoms with Crippen LogP contribution in [0.15, 0.2) is 61.2 Å². The number of nitrogens with zero attached hydrogens (tertiary/aromatic N) is 3. The number of aryl methyl sites for hydroxylation is 1. The summed E-state index contributed by atoms with van der Waals surface area (Å²) in [6.07, 6.45) is 7.52. The number of halogens is 1. The molecule has 25 heavy (non-hydrogen) atoms. The molecule has 0 amide bonds. The van der Waals surface area contributed by atoms with E-state index in [0.29, 0.717) is 11.5 Å². The summed E-state index contributed by atoms with van der Waals surface area (Å²) in [5, 5.41) is 9.17. The maximum Gasteiger partial charge on any atom is 0.123 e. The van der Waals surface area contributed by atoms with E-state index >= 15 is 0 Å². The first-order valence-corrected chi connectivity index (χ1v) is 8.49. The summed E-state index contributed by atoms with van der Waals surface area (Å²) < 4.78 is 15.4. The van der Waals surface area contributed by atoms with Gasteiger partial charge in [-0.15, -0.1) is 0 Å². The molecule has 0 spiro atoms. The van der Waals surface area contributed by atoms with Crippen molar-refractivity contribution in [1.82, 2.24) is 9.55 Å². The van der Waals surface area contributed by atoms with E-state index in [-0.39, 0.29) is 11.7 Å². The van der Waals surface area contributed by atoms with Crippen molar-refractivity contribution >= 4 is 0 Å². The van der Waals surface area contributed by atoms with Crippen LogP contribution in [0.3, 0.4) is 0 Å². The zero-order valence-corrected chi connectivity index (χ0v) is 13.8. The van der Waals surface area contributed by atoms with Gasteiger partial charge in [0.2, 0.25) is 0 Å². The van der Waals surface area contributed by atoms with Gasteiger partial charge in [0.15, 0.2) is 0 Å². The lowest BCUT2D eigenvalue weighted by atomic mass is 9.71.